The van der Waals surface area contributed by atoms with Gasteiger partial charge in [-0.25, -0.2) is 13.1 Å². The van der Waals surface area contributed by atoms with Crippen LogP contribution in [0, 0.1) is 23.7 Å². The van der Waals surface area contributed by atoms with E-state index in [1.807, 2.05) is 17.9 Å². The number of anilines is 1. The standard InChI is InChI=1S/C33H41ClN2O5S.C6H12ClNO2/c1-21-5-3-6-26(18-37)28-11-8-25(28)17-36-19-33(14-4-7-23-15-27(34)10-12-29(23)33)20-41-31-13-9-24(16-30(31)36)32(38)35-42(39,40)22(21)2;7-5-1-8(2-5)6(3-9)4-10/h9-10,12-13,15-16,18,21-22,25-26,28H,3-8,11,14,17,19-20H2,1-2H3,(H,35,38);5-6,9-10H,1-4H2/t21-,22+,25-,26?,28+,33-;/m0./s1. The Balaban J connectivity index is 0.000000402. The van der Waals surface area contributed by atoms with Crippen LogP contribution in [0.4, 0.5) is 5.69 Å². The molecular formula is C39H53Cl2N3O7S. The fraction of sp³-hybridized carbons (Fsp3) is 0.641. The van der Waals surface area contributed by atoms with Crippen LogP contribution >= 0.6 is 23.2 Å². The van der Waals surface area contributed by atoms with E-state index in [-0.39, 0.29) is 41.9 Å². The molecule has 1 spiro atoms. The second-order valence-corrected chi connectivity index (χ2v) is 18.8. The lowest BCUT2D eigenvalue weighted by Gasteiger charge is -2.46. The minimum absolute atomic E-state index is 0.0140. The fourth-order valence-corrected chi connectivity index (χ4v) is 10.7. The number of alkyl halides is 1. The van der Waals surface area contributed by atoms with Gasteiger partial charge in [0, 0.05) is 48.1 Å². The first kappa shape index (κ1) is 39.3. The number of aliphatic hydroxyl groups excluding tert-OH is 2. The third-order valence-corrected chi connectivity index (χ3v) is 14.9. The van der Waals surface area contributed by atoms with Gasteiger partial charge in [-0.2, -0.15) is 0 Å². The molecule has 0 radical (unpaired) electrons. The van der Waals surface area contributed by atoms with Crippen molar-refractivity contribution in [3.05, 3.63) is 58.1 Å². The van der Waals surface area contributed by atoms with E-state index in [0.717, 1.165) is 81.6 Å². The monoisotopic (exact) mass is 777 g/mol. The summed E-state index contributed by atoms with van der Waals surface area (Å²) >= 11 is 12.1. The molecule has 2 aromatic rings. The third-order valence-electron chi connectivity index (χ3n) is 12.5. The Hall–Kier alpha value is -2.41. The largest absolute Gasteiger partial charge is 0.490 e. The molecule has 0 aromatic heterocycles. The first-order chi connectivity index (χ1) is 24.9. The number of likely N-dealkylation sites (tertiary alicyclic amines) is 1. The highest BCUT2D eigenvalue weighted by atomic mass is 35.5. The Morgan fingerprint density at radius 2 is 1.81 bits per heavy atom. The van der Waals surface area contributed by atoms with Gasteiger partial charge < -0.3 is 24.6 Å². The topological polar surface area (TPSA) is 136 Å². The Bertz CT molecular complexity index is 1700. The highest BCUT2D eigenvalue weighted by Gasteiger charge is 2.44. The Morgan fingerprint density at radius 3 is 2.48 bits per heavy atom. The predicted molar refractivity (Wildman–Crippen MR) is 204 cm³/mol. The van der Waals surface area contributed by atoms with Crippen molar-refractivity contribution in [3.8, 4) is 5.75 Å². The molecule has 1 amide bonds. The lowest BCUT2D eigenvalue weighted by molar-refractivity contribution is -0.115. The van der Waals surface area contributed by atoms with Gasteiger partial charge >= 0.3 is 0 Å². The van der Waals surface area contributed by atoms with Gasteiger partial charge in [-0.05, 0) is 111 Å². The summed E-state index contributed by atoms with van der Waals surface area (Å²) < 4.78 is 35.3. The molecule has 2 fully saturated rings. The van der Waals surface area contributed by atoms with Crippen molar-refractivity contribution in [1.82, 2.24) is 9.62 Å². The van der Waals surface area contributed by atoms with Gasteiger partial charge in [-0.1, -0.05) is 31.0 Å². The number of aliphatic hydroxyl groups is 2. The van der Waals surface area contributed by atoms with Crippen LogP contribution in [0.2, 0.25) is 5.02 Å². The number of nitrogens with zero attached hydrogens (tertiary/aromatic N) is 2. The molecule has 52 heavy (non-hydrogen) atoms. The van der Waals surface area contributed by atoms with E-state index in [1.165, 1.54) is 11.1 Å². The number of sulfonamides is 1. The summed E-state index contributed by atoms with van der Waals surface area (Å²) in [6.07, 6.45) is 8.43. The number of hydrogen-bond donors (Lipinski definition) is 3. The number of carbonyl (C=O) groups is 2. The number of rotatable bonds is 4. The molecule has 6 atom stereocenters. The van der Waals surface area contributed by atoms with Crippen LogP contribution < -0.4 is 14.4 Å². The van der Waals surface area contributed by atoms with Gasteiger partial charge in [0.1, 0.15) is 12.0 Å². The first-order valence-corrected chi connectivity index (χ1v) is 21.2. The van der Waals surface area contributed by atoms with E-state index in [9.17, 15) is 18.0 Å². The summed E-state index contributed by atoms with van der Waals surface area (Å²) in [5, 5.41) is 17.6. The molecule has 3 N–H and O–H groups in total. The van der Waals surface area contributed by atoms with E-state index in [4.69, 9.17) is 38.2 Å². The maximum Gasteiger partial charge on any atom is 0.264 e. The van der Waals surface area contributed by atoms with Crippen molar-refractivity contribution in [2.45, 2.75) is 87.3 Å². The summed E-state index contributed by atoms with van der Waals surface area (Å²) in [6.45, 7) is 7.13. The summed E-state index contributed by atoms with van der Waals surface area (Å²) in [4.78, 5) is 30.0. The molecule has 1 saturated heterocycles. The van der Waals surface area contributed by atoms with Crippen molar-refractivity contribution < 1.29 is 33.0 Å². The van der Waals surface area contributed by atoms with Crippen LogP contribution in [0.3, 0.4) is 0 Å². The molecule has 5 aliphatic rings. The number of fused-ring (bicyclic) bond motifs is 4. The summed E-state index contributed by atoms with van der Waals surface area (Å²) in [5.41, 5.74) is 3.37. The van der Waals surface area contributed by atoms with E-state index in [1.54, 1.807) is 25.1 Å². The zero-order chi connectivity index (χ0) is 37.2. The Morgan fingerprint density at radius 1 is 1.04 bits per heavy atom. The smallest absolute Gasteiger partial charge is 0.264 e. The van der Waals surface area contributed by atoms with Crippen molar-refractivity contribution in [3.63, 3.8) is 0 Å². The molecule has 10 nitrogen and oxygen atoms in total. The molecule has 2 aromatic carbocycles. The lowest BCUT2D eigenvalue weighted by Crippen LogP contribution is -2.55. The maximum atomic E-state index is 13.3. The van der Waals surface area contributed by atoms with E-state index >= 15 is 0 Å². The molecule has 7 rings (SSSR count). The molecular weight excluding hydrogens is 725 g/mol. The van der Waals surface area contributed by atoms with Gasteiger partial charge in [0.05, 0.1) is 42.2 Å². The lowest BCUT2D eigenvalue weighted by atomic mass is 9.65. The average Bonchev–Trinajstić information content (AvgIpc) is 3.25. The van der Waals surface area contributed by atoms with E-state index in [2.05, 4.69) is 21.8 Å². The third kappa shape index (κ3) is 8.30. The van der Waals surface area contributed by atoms with Crippen LogP contribution in [0.25, 0.3) is 0 Å². The minimum atomic E-state index is -3.89. The van der Waals surface area contributed by atoms with Gasteiger partial charge in [0.25, 0.3) is 5.91 Å². The quantitative estimate of drug-likeness (QED) is 0.283. The molecule has 3 heterocycles. The fourth-order valence-electron chi connectivity index (χ4n) is 8.85. The maximum absolute atomic E-state index is 13.3. The zero-order valence-electron chi connectivity index (χ0n) is 30.2. The number of amides is 1. The number of aldehydes is 1. The van der Waals surface area contributed by atoms with Gasteiger partial charge in [-0.3, -0.25) is 9.69 Å². The van der Waals surface area contributed by atoms with Crippen molar-refractivity contribution in [2.24, 2.45) is 23.7 Å². The van der Waals surface area contributed by atoms with Crippen LogP contribution in [-0.4, -0.2) is 98.4 Å². The van der Waals surface area contributed by atoms with E-state index in [0.29, 0.717) is 42.7 Å². The SMILES string of the molecule is C[C@@H]1[C@@H](C)CCCC(C=O)[C@@H]2CC[C@H]2CN2C[C@@]3(CCCc4cc(Cl)ccc43)COc3ccc(cc32)C(=O)NS1(=O)=O.OCC(CO)N1CC(Cl)C1. The molecule has 3 aliphatic heterocycles. The summed E-state index contributed by atoms with van der Waals surface area (Å²) in [7, 11) is -3.89. The number of ether oxygens (including phenoxy) is 1. The number of nitrogens with one attached hydrogen (secondary N) is 1. The van der Waals surface area contributed by atoms with Gasteiger partial charge in [0.2, 0.25) is 10.0 Å². The Labute approximate surface area is 318 Å². The molecule has 1 saturated carbocycles. The minimum Gasteiger partial charge on any atom is -0.490 e. The molecule has 2 aliphatic carbocycles. The van der Waals surface area contributed by atoms with Crippen LogP contribution in [0.1, 0.15) is 80.3 Å². The molecule has 2 bridgehead atoms. The summed E-state index contributed by atoms with van der Waals surface area (Å²) in [5.74, 6) is 0.559. The predicted octanol–water partition coefficient (Wildman–Crippen LogP) is 5.19. The van der Waals surface area contributed by atoms with E-state index < -0.39 is 21.2 Å². The van der Waals surface area contributed by atoms with Crippen molar-refractivity contribution in [2.75, 3.05) is 50.9 Å². The molecule has 1 unspecified atom stereocenters. The number of carbonyl (C=O) groups excluding carboxylic acids is 2. The average molecular weight is 779 g/mol. The normalized spacial score (nSPS) is 30.6. The van der Waals surface area contributed by atoms with Gasteiger partial charge in [0.15, 0.2) is 0 Å². The number of hydrogen-bond acceptors (Lipinski definition) is 9. The number of aryl methyl sites for hydroxylation is 1. The molecule has 13 heteroatoms. The summed E-state index contributed by atoms with van der Waals surface area (Å²) in [6, 6.07) is 11.3. The van der Waals surface area contributed by atoms with Crippen LogP contribution in [0.5, 0.6) is 5.75 Å². The second-order valence-electron chi connectivity index (χ2n) is 15.7. The highest BCUT2D eigenvalue weighted by molar-refractivity contribution is 7.90. The number of benzene rings is 2. The number of halogens is 2. The van der Waals surface area contributed by atoms with Crippen molar-refractivity contribution >= 4 is 51.1 Å². The van der Waals surface area contributed by atoms with Crippen LogP contribution in [-0.2, 0) is 26.7 Å². The Kier molecular flexibility index (Phi) is 12.5. The highest BCUT2D eigenvalue weighted by Crippen LogP contribution is 2.47. The van der Waals surface area contributed by atoms with Crippen LogP contribution in [0.15, 0.2) is 36.4 Å². The van der Waals surface area contributed by atoms with Crippen molar-refractivity contribution in [1.29, 1.82) is 0 Å². The first-order valence-electron chi connectivity index (χ1n) is 18.8. The molecule has 286 valence electrons. The van der Waals surface area contributed by atoms with Gasteiger partial charge in [-0.15, -0.1) is 11.6 Å². The zero-order valence-corrected chi connectivity index (χ0v) is 32.5. The second kappa shape index (κ2) is 16.5.